The average Bonchev–Trinajstić information content (AvgIpc) is 3.35. The van der Waals surface area contributed by atoms with Gasteiger partial charge in [-0.1, -0.05) is 11.8 Å². The lowest BCUT2D eigenvalue weighted by Crippen LogP contribution is -2.25. The topological polar surface area (TPSA) is 96.9 Å². The van der Waals surface area contributed by atoms with Gasteiger partial charge < -0.3 is 9.73 Å². The summed E-state index contributed by atoms with van der Waals surface area (Å²) in [5.41, 5.74) is 1.69. The van der Waals surface area contributed by atoms with Crippen LogP contribution in [0.5, 0.6) is 0 Å². The molecular formula is C18H16N4O3S2. The minimum absolute atomic E-state index is 0.180. The predicted molar refractivity (Wildman–Crippen MR) is 107 cm³/mol. The summed E-state index contributed by atoms with van der Waals surface area (Å²) in [7, 11) is 0. The third-order valence-corrected chi connectivity index (χ3v) is 6.24. The molecule has 0 aliphatic carbocycles. The molecule has 0 bridgehead atoms. The Labute approximate surface area is 163 Å². The molecule has 0 radical (unpaired) electrons. The summed E-state index contributed by atoms with van der Waals surface area (Å²) in [6, 6.07) is 3.59. The van der Waals surface area contributed by atoms with Crippen LogP contribution in [-0.2, 0) is 9.59 Å². The fourth-order valence-electron chi connectivity index (χ4n) is 2.79. The number of anilines is 1. The highest BCUT2D eigenvalue weighted by atomic mass is 32.2. The van der Waals surface area contributed by atoms with Crippen molar-refractivity contribution >= 4 is 50.9 Å². The van der Waals surface area contributed by atoms with E-state index in [1.165, 1.54) is 23.1 Å². The number of amidine groups is 1. The van der Waals surface area contributed by atoms with Gasteiger partial charge in [0.1, 0.15) is 17.4 Å². The summed E-state index contributed by atoms with van der Waals surface area (Å²) in [5, 5.41) is 5.85. The standard InChI is InChI=1S/C18H16N4O3S2/c1-9-10(2)27-17-15(9)16(24)20-13(21-17)5-6-14(23)22-18-19-11(8-26-18)12-4-3-7-25-12/h3-4,7-8,15H,5-6H2,1-2H3,(H,19,22,23). The van der Waals surface area contributed by atoms with Crippen LogP contribution in [0.3, 0.4) is 0 Å². The Morgan fingerprint density at radius 1 is 1.33 bits per heavy atom. The number of thiazole rings is 1. The second kappa shape index (κ2) is 7.24. The lowest BCUT2D eigenvalue weighted by Gasteiger charge is -2.14. The molecule has 7 nitrogen and oxygen atoms in total. The predicted octanol–water partition coefficient (Wildman–Crippen LogP) is 4.12. The van der Waals surface area contributed by atoms with Crippen LogP contribution >= 0.6 is 23.1 Å². The molecule has 4 heterocycles. The van der Waals surface area contributed by atoms with Gasteiger partial charge in [-0.05, 0) is 36.5 Å². The normalized spacial score (nSPS) is 19.0. The van der Waals surface area contributed by atoms with Crippen molar-refractivity contribution in [1.82, 2.24) is 4.98 Å². The number of nitrogens with one attached hydrogen (secondary N) is 1. The van der Waals surface area contributed by atoms with E-state index in [9.17, 15) is 9.59 Å². The van der Waals surface area contributed by atoms with Gasteiger partial charge in [0.15, 0.2) is 10.9 Å². The third-order valence-electron chi connectivity index (χ3n) is 4.32. The average molecular weight is 400 g/mol. The number of aliphatic imine (C=N–C) groups is 2. The number of nitrogens with zero attached hydrogens (tertiary/aromatic N) is 3. The lowest BCUT2D eigenvalue weighted by molar-refractivity contribution is -0.119. The minimum atomic E-state index is -0.331. The van der Waals surface area contributed by atoms with Crippen molar-refractivity contribution in [3.8, 4) is 11.5 Å². The van der Waals surface area contributed by atoms with Gasteiger partial charge in [-0.2, -0.15) is 4.99 Å². The van der Waals surface area contributed by atoms with Crippen molar-refractivity contribution in [3.05, 3.63) is 34.3 Å². The molecule has 1 atom stereocenters. The molecule has 138 valence electrons. The van der Waals surface area contributed by atoms with E-state index < -0.39 is 0 Å². The Hall–Kier alpha value is -2.52. The fourth-order valence-corrected chi connectivity index (χ4v) is 4.65. The number of carbonyl (C=O) groups is 2. The number of furan rings is 1. The van der Waals surface area contributed by atoms with Gasteiger partial charge in [0, 0.05) is 18.2 Å². The Bertz CT molecular complexity index is 1000. The van der Waals surface area contributed by atoms with Crippen LogP contribution in [0.15, 0.2) is 48.7 Å². The number of hydrogen-bond donors (Lipinski definition) is 1. The minimum Gasteiger partial charge on any atom is -0.463 e. The molecule has 0 spiro atoms. The van der Waals surface area contributed by atoms with Crippen LogP contribution in [-0.4, -0.2) is 27.7 Å². The van der Waals surface area contributed by atoms with Gasteiger partial charge in [0.2, 0.25) is 5.91 Å². The molecule has 0 aromatic carbocycles. The van der Waals surface area contributed by atoms with Gasteiger partial charge in [-0.25, -0.2) is 9.98 Å². The molecule has 2 aliphatic heterocycles. The molecule has 2 aromatic heterocycles. The van der Waals surface area contributed by atoms with Crippen molar-refractivity contribution in [1.29, 1.82) is 0 Å². The molecule has 2 aliphatic rings. The zero-order valence-corrected chi connectivity index (χ0v) is 16.3. The number of allylic oxidation sites excluding steroid dienone is 1. The maximum atomic E-state index is 12.3. The molecular weight excluding hydrogens is 384 g/mol. The number of thioether (sulfide) groups is 1. The molecule has 9 heteroatoms. The monoisotopic (exact) mass is 400 g/mol. The first-order chi connectivity index (χ1) is 13.0. The van der Waals surface area contributed by atoms with E-state index in [1.807, 2.05) is 25.3 Å². The number of aromatic nitrogens is 1. The van der Waals surface area contributed by atoms with Crippen molar-refractivity contribution in [2.75, 3.05) is 5.32 Å². The summed E-state index contributed by atoms with van der Waals surface area (Å²) < 4.78 is 5.29. The van der Waals surface area contributed by atoms with Gasteiger partial charge in [0.05, 0.1) is 11.3 Å². The van der Waals surface area contributed by atoms with Gasteiger partial charge in [-0.15, -0.1) is 11.3 Å². The van der Waals surface area contributed by atoms with Crippen LogP contribution in [0.4, 0.5) is 5.13 Å². The Kier molecular flexibility index (Phi) is 4.79. The quantitative estimate of drug-likeness (QED) is 0.814. The molecule has 0 saturated heterocycles. The summed E-state index contributed by atoms with van der Waals surface area (Å²) in [6.07, 6.45) is 2.06. The first kappa shape index (κ1) is 17.9. The first-order valence-corrected chi connectivity index (χ1v) is 10.1. The van der Waals surface area contributed by atoms with E-state index in [0.29, 0.717) is 28.8 Å². The second-order valence-electron chi connectivity index (χ2n) is 6.15. The Balaban J connectivity index is 1.35. The highest BCUT2D eigenvalue weighted by Gasteiger charge is 2.36. The summed E-state index contributed by atoms with van der Waals surface area (Å²) >= 11 is 2.84. The highest BCUT2D eigenvalue weighted by molar-refractivity contribution is 8.17. The molecule has 0 saturated carbocycles. The smallest absolute Gasteiger partial charge is 0.261 e. The lowest BCUT2D eigenvalue weighted by atomic mass is 10.00. The SMILES string of the molecule is CC1=C(C)C2C(=O)N=C(CCC(=O)Nc3nc(-c4ccco4)cs3)N=C2S1. The largest absolute Gasteiger partial charge is 0.463 e. The van der Waals surface area contributed by atoms with E-state index in [1.54, 1.807) is 12.3 Å². The zero-order valence-electron chi connectivity index (χ0n) is 14.7. The number of carbonyl (C=O) groups excluding carboxylic acids is 2. The highest BCUT2D eigenvalue weighted by Crippen LogP contribution is 2.40. The fraction of sp³-hybridized carbons (Fsp3) is 0.278. The zero-order chi connectivity index (χ0) is 19.0. The van der Waals surface area contributed by atoms with Gasteiger partial charge in [-0.3, -0.25) is 9.59 Å². The van der Waals surface area contributed by atoms with E-state index in [4.69, 9.17) is 4.42 Å². The van der Waals surface area contributed by atoms with E-state index >= 15 is 0 Å². The van der Waals surface area contributed by atoms with E-state index in [-0.39, 0.29) is 24.2 Å². The molecule has 4 rings (SSSR count). The Morgan fingerprint density at radius 3 is 2.96 bits per heavy atom. The van der Waals surface area contributed by atoms with Crippen molar-refractivity contribution in [2.45, 2.75) is 26.7 Å². The third kappa shape index (κ3) is 3.65. The molecule has 2 aromatic rings. The maximum Gasteiger partial charge on any atom is 0.261 e. The Morgan fingerprint density at radius 2 is 2.19 bits per heavy atom. The van der Waals surface area contributed by atoms with Gasteiger partial charge >= 0.3 is 0 Å². The van der Waals surface area contributed by atoms with E-state index in [2.05, 4.69) is 20.3 Å². The van der Waals surface area contributed by atoms with Crippen LogP contribution < -0.4 is 5.32 Å². The van der Waals surface area contributed by atoms with Crippen LogP contribution in [0.25, 0.3) is 11.5 Å². The van der Waals surface area contributed by atoms with E-state index in [0.717, 1.165) is 15.5 Å². The number of amides is 2. The van der Waals surface area contributed by atoms with Crippen LogP contribution in [0.2, 0.25) is 0 Å². The second-order valence-corrected chi connectivity index (χ2v) is 8.25. The number of rotatable bonds is 5. The maximum absolute atomic E-state index is 12.3. The van der Waals surface area contributed by atoms with Crippen LogP contribution in [0, 0.1) is 5.92 Å². The molecule has 0 fully saturated rings. The van der Waals surface area contributed by atoms with Gasteiger partial charge in [0.25, 0.3) is 5.91 Å². The molecule has 1 unspecified atom stereocenters. The van der Waals surface area contributed by atoms with Crippen molar-refractivity contribution < 1.29 is 14.0 Å². The molecule has 27 heavy (non-hydrogen) atoms. The molecule has 2 amide bonds. The van der Waals surface area contributed by atoms with Crippen molar-refractivity contribution in [3.63, 3.8) is 0 Å². The summed E-state index contributed by atoms with van der Waals surface area (Å²) in [4.78, 5) is 38.4. The first-order valence-electron chi connectivity index (χ1n) is 8.35. The summed E-state index contributed by atoms with van der Waals surface area (Å²) in [6.45, 7) is 3.92. The van der Waals surface area contributed by atoms with Crippen LogP contribution in [0.1, 0.15) is 26.7 Å². The summed E-state index contributed by atoms with van der Waals surface area (Å²) in [5.74, 6) is 0.341. The number of fused-ring (bicyclic) bond motifs is 1. The molecule has 1 N–H and O–H groups in total. The van der Waals surface area contributed by atoms with Crippen molar-refractivity contribution in [2.24, 2.45) is 15.9 Å². The number of hydrogen-bond acceptors (Lipinski definition) is 7.